The van der Waals surface area contributed by atoms with Gasteiger partial charge in [-0.15, -0.1) is 6.58 Å². The SMILES string of the molecule is C=C[C@H]1C[C@H]2C3C(=CCC(C(=O)OC)=C3C(=O)OC)C[C@H](OC(C)=O)C23CCC[C@]13CO[Si](C)(C)C(C)(C)C. The fourth-order valence-corrected chi connectivity index (χ4v) is 9.27. The van der Waals surface area contributed by atoms with E-state index in [2.05, 4.69) is 46.5 Å². The molecule has 2 unspecified atom stereocenters. The van der Waals surface area contributed by atoms with Gasteiger partial charge in [0.1, 0.15) is 6.10 Å². The van der Waals surface area contributed by atoms with Crippen molar-refractivity contribution in [2.45, 2.75) is 90.5 Å². The van der Waals surface area contributed by atoms with Crippen molar-refractivity contribution in [2.24, 2.45) is 28.6 Å². The molecule has 6 atom stereocenters. The van der Waals surface area contributed by atoms with Crippen LogP contribution >= 0.6 is 0 Å². The maximum absolute atomic E-state index is 13.3. The van der Waals surface area contributed by atoms with Crippen molar-refractivity contribution in [3.63, 3.8) is 0 Å². The summed E-state index contributed by atoms with van der Waals surface area (Å²) in [5.74, 6) is -1.51. The molecular formula is C31H46O7Si. The monoisotopic (exact) mass is 558 g/mol. The number of hydrogen-bond acceptors (Lipinski definition) is 7. The van der Waals surface area contributed by atoms with Crippen LogP contribution < -0.4 is 0 Å². The molecule has 0 saturated heterocycles. The fraction of sp³-hybridized carbons (Fsp3) is 0.710. The van der Waals surface area contributed by atoms with Gasteiger partial charge in [-0.05, 0) is 55.7 Å². The molecule has 1 spiro atoms. The van der Waals surface area contributed by atoms with Crippen molar-refractivity contribution < 1.29 is 33.0 Å². The minimum Gasteiger partial charge on any atom is -0.466 e. The number of carbonyl (C=O) groups excluding carboxylic acids is 3. The number of esters is 3. The lowest BCUT2D eigenvalue weighted by Gasteiger charge is -2.56. The molecule has 0 amide bonds. The maximum Gasteiger partial charge on any atom is 0.334 e. The van der Waals surface area contributed by atoms with Crippen LogP contribution in [-0.4, -0.2) is 53.2 Å². The Morgan fingerprint density at radius 2 is 1.79 bits per heavy atom. The second kappa shape index (κ2) is 10.3. The molecule has 0 aromatic carbocycles. The molecule has 0 radical (unpaired) electrons. The van der Waals surface area contributed by atoms with Crippen LogP contribution in [0.3, 0.4) is 0 Å². The molecule has 4 aliphatic rings. The molecule has 0 heterocycles. The van der Waals surface area contributed by atoms with Crippen molar-refractivity contribution in [3.05, 3.63) is 35.5 Å². The summed E-state index contributed by atoms with van der Waals surface area (Å²) in [5.41, 5.74) is 1.11. The van der Waals surface area contributed by atoms with E-state index in [1.807, 2.05) is 6.08 Å². The van der Waals surface area contributed by atoms with Crippen LogP contribution in [0.1, 0.15) is 66.2 Å². The third-order valence-corrected chi connectivity index (χ3v) is 15.4. The third kappa shape index (κ3) is 4.46. The van der Waals surface area contributed by atoms with Crippen LogP contribution in [0.2, 0.25) is 18.1 Å². The summed E-state index contributed by atoms with van der Waals surface area (Å²) in [5, 5.41) is 0.0500. The molecule has 0 aromatic heterocycles. The van der Waals surface area contributed by atoms with E-state index < -0.39 is 25.7 Å². The molecule has 3 saturated carbocycles. The van der Waals surface area contributed by atoms with Crippen LogP contribution in [0.15, 0.2) is 35.5 Å². The van der Waals surface area contributed by atoms with Gasteiger partial charge in [-0.1, -0.05) is 44.9 Å². The first-order valence-corrected chi connectivity index (χ1v) is 17.1. The highest BCUT2D eigenvalue weighted by atomic mass is 28.4. The Bertz CT molecular complexity index is 1110. The topological polar surface area (TPSA) is 88.1 Å². The van der Waals surface area contributed by atoms with Crippen LogP contribution in [0.4, 0.5) is 0 Å². The lowest BCUT2D eigenvalue weighted by molar-refractivity contribution is -0.172. The number of methoxy groups -OCH3 is 2. The van der Waals surface area contributed by atoms with Gasteiger partial charge >= 0.3 is 17.9 Å². The predicted molar refractivity (Wildman–Crippen MR) is 151 cm³/mol. The van der Waals surface area contributed by atoms with Gasteiger partial charge in [-0.3, -0.25) is 4.79 Å². The van der Waals surface area contributed by atoms with Gasteiger partial charge in [-0.2, -0.15) is 0 Å². The van der Waals surface area contributed by atoms with Crippen molar-refractivity contribution in [1.82, 2.24) is 0 Å². The Balaban J connectivity index is 1.91. The van der Waals surface area contributed by atoms with Gasteiger partial charge in [0.25, 0.3) is 0 Å². The van der Waals surface area contributed by atoms with Gasteiger partial charge in [0, 0.05) is 36.7 Å². The third-order valence-electron chi connectivity index (χ3n) is 10.9. The van der Waals surface area contributed by atoms with Gasteiger partial charge in [0.15, 0.2) is 8.32 Å². The first-order valence-electron chi connectivity index (χ1n) is 14.2. The Morgan fingerprint density at radius 1 is 1.13 bits per heavy atom. The Morgan fingerprint density at radius 3 is 2.36 bits per heavy atom. The average Bonchev–Trinajstić information content (AvgIpc) is 3.38. The van der Waals surface area contributed by atoms with E-state index in [0.717, 1.165) is 31.3 Å². The second-order valence-electron chi connectivity index (χ2n) is 13.4. The smallest absolute Gasteiger partial charge is 0.334 e. The number of hydrogen-bond donors (Lipinski definition) is 0. The second-order valence-corrected chi connectivity index (χ2v) is 18.2. The van der Waals surface area contributed by atoms with E-state index in [-0.39, 0.29) is 40.3 Å². The lowest BCUT2D eigenvalue weighted by atomic mass is 9.51. The van der Waals surface area contributed by atoms with Crippen molar-refractivity contribution in [2.75, 3.05) is 20.8 Å². The minimum absolute atomic E-state index is 0.0376. The molecular weight excluding hydrogens is 512 g/mol. The largest absolute Gasteiger partial charge is 0.466 e. The van der Waals surface area contributed by atoms with Gasteiger partial charge in [-0.25, -0.2) is 9.59 Å². The Hall–Kier alpha value is -2.19. The molecule has 216 valence electrons. The average molecular weight is 559 g/mol. The van der Waals surface area contributed by atoms with Crippen LogP contribution in [0, 0.1) is 28.6 Å². The first-order chi connectivity index (χ1) is 18.2. The highest BCUT2D eigenvalue weighted by Crippen LogP contribution is 2.75. The normalized spacial score (nSPS) is 33.9. The number of rotatable bonds is 7. The summed E-state index contributed by atoms with van der Waals surface area (Å²) in [6.45, 7) is 17.6. The highest BCUT2D eigenvalue weighted by molar-refractivity contribution is 6.74. The number of carbonyl (C=O) groups is 3. The van der Waals surface area contributed by atoms with Crippen molar-refractivity contribution in [1.29, 1.82) is 0 Å². The van der Waals surface area contributed by atoms with Crippen LogP contribution in [0.5, 0.6) is 0 Å². The molecule has 0 aliphatic heterocycles. The molecule has 3 fully saturated rings. The molecule has 0 aromatic rings. The van der Waals surface area contributed by atoms with E-state index in [9.17, 15) is 14.4 Å². The molecule has 4 rings (SSSR count). The number of fused-ring (bicyclic) bond motifs is 2. The summed E-state index contributed by atoms with van der Waals surface area (Å²) >= 11 is 0. The van der Waals surface area contributed by atoms with Crippen LogP contribution in [0.25, 0.3) is 0 Å². The van der Waals surface area contributed by atoms with Gasteiger partial charge < -0.3 is 18.6 Å². The zero-order valence-corrected chi connectivity index (χ0v) is 26.0. The summed E-state index contributed by atoms with van der Waals surface area (Å²) in [7, 11) is 0.603. The quantitative estimate of drug-likeness (QED) is 0.166. The Kier molecular flexibility index (Phi) is 7.89. The van der Waals surface area contributed by atoms with Crippen LogP contribution in [-0.2, 0) is 33.0 Å². The molecule has 0 N–H and O–H groups in total. The van der Waals surface area contributed by atoms with Crippen molar-refractivity contribution in [3.8, 4) is 0 Å². The van der Waals surface area contributed by atoms with E-state index in [4.69, 9.17) is 18.6 Å². The Labute approximate surface area is 234 Å². The molecule has 8 heteroatoms. The summed E-state index contributed by atoms with van der Waals surface area (Å²) in [6.07, 6.45) is 8.15. The zero-order valence-electron chi connectivity index (χ0n) is 25.0. The summed E-state index contributed by atoms with van der Waals surface area (Å²) in [4.78, 5) is 38.7. The maximum atomic E-state index is 13.3. The molecule has 39 heavy (non-hydrogen) atoms. The number of ether oxygens (including phenoxy) is 3. The highest BCUT2D eigenvalue weighted by Gasteiger charge is 2.73. The van der Waals surface area contributed by atoms with E-state index in [1.54, 1.807) is 0 Å². The minimum atomic E-state index is -2.09. The lowest BCUT2D eigenvalue weighted by Crippen LogP contribution is -2.58. The van der Waals surface area contributed by atoms with E-state index >= 15 is 0 Å². The van der Waals surface area contributed by atoms with Gasteiger partial charge in [0.05, 0.1) is 25.4 Å². The molecule has 4 aliphatic carbocycles. The van der Waals surface area contributed by atoms with Gasteiger partial charge in [0.2, 0.25) is 0 Å². The standard InChI is InChI=1S/C31H46O7Si/c1-10-21-17-23-25-20(12-13-22(27(33)35-6)26(25)28(34)36-7)16-24(38-19(2)32)31(23)15-11-14-30(21,31)18-37-39(8,9)29(3,4)5/h10,12,21,23-25H,1,11,13-18H2,2-9H3/t21-,23-,24-,25?,30-,31?/m0/s1. The van der Waals surface area contributed by atoms with Crippen molar-refractivity contribution >= 4 is 26.2 Å². The van der Waals surface area contributed by atoms with E-state index in [0.29, 0.717) is 30.6 Å². The molecule has 7 nitrogen and oxygen atoms in total. The summed E-state index contributed by atoms with van der Waals surface area (Å²) in [6, 6.07) is 0. The fourth-order valence-electron chi connectivity index (χ4n) is 8.22. The molecule has 0 bridgehead atoms. The predicted octanol–water partition coefficient (Wildman–Crippen LogP) is 5.91. The van der Waals surface area contributed by atoms with E-state index in [1.165, 1.54) is 21.1 Å². The number of allylic oxidation sites excluding steroid dienone is 2. The first kappa shape index (κ1) is 29.8. The zero-order chi connectivity index (χ0) is 29.0. The summed E-state index contributed by atoms with van der Waals surface area (Å²) < 4.78 is 23.6.